The molecule has 0 atom stereocenters. The first-order chi connectivity index (χ1) is 9.22. The summed E-state index contributed by atoms with van der Waals surface area (Å²) in [5.41, 5.74) is 1.77. The molecule has 2 nitrogen and oxygen atoms in total. The van der Waals surface area contributed by atoms with Crippen molar-refractivity contribution < 1.29 is 22.7 Å². The van der Waals surface area contributed by atoms with Crippen LogP contribution in [0.2, 0.25) is 10.0 Å². The van der Waals surface area contributed by atoms with Gasteiger partial charge in [-0.2, -0.15) is 0 Å². The van der Waals surface area contributed by atoms with Gasteiger partial charge in [0.05, 0.1) is 0 Å². The standard InChI is InChI=1S/C8H8O.C6H3Cl2N.W/c1-7-5-3-4-6-8(7)9-2;7-4-2-1-3-5(8)6(4)9;/h1,3-6H,2H3;1-3H;. The number of hydrogen-bond acceptors (Lipinski definition) is 2. The van der Waals surface area contributed by atoms with Crippen LogP contribution < -0.4 is 4.74 Å². The summed E-state index contributed by atoms with van der Waals surface area (Å²) in [5, 5.41) is 1.20. The van der Waals surface area contributed by atoms with Crippen molar-refractivity contribution in [1.29, 1.82) is 0 Å². The summed E-state index contributed by atoms with van der Waals surface area (Å²) in [6.07, 6.45) is 0. The summed E-state index contributed by atoms with van der Waals surface area (Å²) in [4.78, 5) is 0. The van der Waals surface area contributed by atoms with Crippen LogP contribution in [0.15, 0.2) is 46.0 Å². The van der Waals surface area contributed by atoms with Gasteiger partial charge in [-0.15, -0.1) is 0 Å². The Morgan fingerprint density at radius 2 is 1.74 bits per heavy atom. The fraction of sp³-hybridized carbons (Fsp3) is 0.0714. The van der Waals surface area contributed by atoms with E-state index in [1.807, 2.05) is 30.3 Å². The van der Waals surface area contributed by atoms with Crippen molar-refractivity contribution in [2.45, 2.75) is 0 Å². The summed E-state index contributed by atoms with van der Waals surface area (Å²) < 4.78 is 12.0. The van der Waals surface area contributed by atoms with Gasteiger partial charge < -0.3 is 0 Å². The minimum atomic E-state index is -1.07. The molecule has 0 saturated heterocycles. The van der Waals surface area contributed by atoms with E-state index in [9.17, 15) is 0 Å². The van der Waals surface area contributed by atoms with Gasteiger partial charge in [0.2, 0.25) is 0 Å². The Labute approximate surface area is 130 Å². The second-order valence-electron chi connectivity index (χ2n) is 3.63. The van der Waals surface area contributed by atoms with E-state index in [2.05, 4.69) is 7.90 Å². The molecule has 0 fully saturated rings. The van der Waals surface area contributed by atoms with Crippen molar-refractivity contribution in [1.82, 2.24) is 0 Å². The van der Waals surface area contributed by atoms with Crippen LogP contribution in [0.4, 0.5) is 5.69 Å². The molecular weight excluding hydrogens is 453 g/mol. The number of halogens is 2. The molecule has 0 unspecified atom stereocenters. The first kappa shape index (κ1) is 14.6. The van der Waals surface area contributed by atoms with E-state index in [-0.39, 0.29) is 0 Å². The number of rotatable bonds is 3. The van der Waals surface area contributed by atoms with E-state index in [1.54, 1.807) is 19.2 Å². The third-order valence-electron chi connectivity index (χ3n) is 2.40. The molecule has 2 rings (SSSR count). The van der Waals surface area contributed by atoms with E-state index in [0.717, 1.165) is 11.3 Å². The third kappa shape index (κ3) is 3.82. The minimum absolute atomic E-state index is 0.598. The van der Waals surface area contributed by atoms with Gasteiger partial charge >= 0.3 is 130 Å². The fourth-order valence-corrected chi connectivity index (χ4v) is 4.74. The van der Waals surface area contributed by atoms with Crippen molar-refractivity contribution in [2.75, 3.05) is 7.11 Å². The Bertz CT molecular complexity index is 631. The molecule has 0 aromatic heterocycles. The molecule has 5 heteroatoms. The van der Waals surface area contributed by atoms with Crippen LogP contribution in [0, 0.1) is 0 Å². The molecule has 0 amide bonds. The van der Waals surface area contributed by atoms with Gasteiger partial charge in [0.1, 0.15) is 0 Å². The SMILES string of the molecule is COc1ccccc1[CH]=[W]=[N]c1c(Cl)cccc1Cl. The average molecular weight is 464 g/mol. The van der Waals surface area contributed by atoms with Crippen LogP contribution >= 0.6 is 23.2 Å². The van der Waals surface area contributed by atoms with Crippen molar-refractivity contribution in [2.24, 2.45) is 3.50 Å². The van der Waals surface area contributed by atoms with E-state index in [1.165, 1.54) is 0 Å². The van der Waals surface area contributed by atoms with Crippen LogP contribution in [0.25, 0.3) is 0 Å². The van der Waals surface area contributed by atoms with Crippen molar-refractivity contribution >= 4 is 33.3 Å². The predicted molar refractivity (Wildman–Crippen MR) is 76.7 cm³/mol. The average Bonchev–Trinajstić information content (AvgIpc) is 2.42. The van der Waals surface area contributed by atoms with Crippen LogP contribution in [0.3, 0.4) is 0 Å². The number of hydrogen-bond donors (Lipinski definition) is 0. The van der Waals surface area contributed by atoms with Gasteiger partial charge in [0.15, 0.2) is 0 Å². The second kappa shape index (κ2) is 7.09. The molecule has 0 radical (unpaired) electrons. The maximum atomic E-state index is 6.08. The van der Waals surface area contributed by atoms with Crippen molar-refractivity contribution in [3.63, 3.8) is 0 Å². The van der Waals surface area contributed by atoms with Crippen LogP contribution in [-0.2, 0) is 17.9 Å². The van der Waals surface area contributed by atoms with Gasteiger partial charge in [-0.3, -0.25) is 0 Å². The zero-order valence-electron chi connectivity index (χ0n) is 10.1. The molecule has 2 aromatic carbocycles. The molecule has 0 aliphatic heterocycles. The van der Waals surface area contributed by atoms with Crippen molar-refractivity contribution in [3.05, 3.63) is 58.1 Å². The van der Waals surface area contributed by atoms with E-state index >= 15 is 0 Å². The van der Waals surface area contributed by atoms with Crippen LogP contribution in [0.5, 0.6) is 5.75 Å². The second-order valence-corrected chi connectivity index (χ2v) is 6.70. The Balaban J connectivity index is 2.34. The summed E-state index contributed by atoms with van der Waals surface area (Å²) in [6, 6.07) is 13.3. The number of nitrogens with zero attached hydrogens (tertiary/aromatic N) is 1. The van der Waals surface area contributed by atoms with E-state index in [4.69, 9.17) is 27.9 Å². The number of benzene rings is 2. The maximum absolute atomic E-state index is 6.08. The Morgan fingerprint density at radius 3 is 2.42 bits per heavy atom. The van der Waals surface area contributed by atoms with Crippen LogP contribution in [0.1, 0.15) is 5.56 Å². The molecule has 2 aromatic rings. The summed E-state index contributed by atoms with van der Waals surface area (Å²) in [5.74, 6) is 0.864. The Kier molecular flexibility index (Phi) is 5.44. The Hall–Kier alpha value is -0.822. The predicted octanol–water partition coefficient (Wildman–Crippen LogP) is 4.75. The molecule has 19 heavy (non-hydrogen) atoms. The van der Waals surface area contributed by atoms with Gasteiger partial charge in [-0.25, -0.2) is 0 Å². The normalized spacial score (nSPS) is 9.84. The molecule has 0 heterocycles. The van der Waals surface area contributed by atoms with E-state index < -0.39 is 17.9 Å². The quantitative estimate of drug-likeness (QED) is 0.643. The molecule has 0 aliphatic rings. The van der Waals surface area contributed by atoms with Crippen molar-refractivity contribution in [3.8, 4) is 5.75 Å². The number of ether oxygens (including phenoxy) is 1. The van der Waals surface area contributed by atoms with Gasteiger partial charge in [0, 0.05) is 0 Å². The Morgan fingerprint density at radius 1 is 1.05 bits per heavy atom. The summed E-state index contributed by atoms with van der Waals surface area (Å²) in [7, 11) is 1.67. The first-order valence-corrected chi connectivity index (χ1v) is 9.25. The van der Waals surface area contributed by atoms with Crippen LogP contribution in [-0.4, -0.2) is 11.5 Å². The molecular formula is C14H11Cl2NOW. The topological polar surface area (TPSA) is 21.6 Å². The molecule has 0 spiro atoms. The first-order valence-electron chi connectivity index (χ1n) is 5.49. The summed E-state index contributed by atoms with van der Waals surface area (Å²) >= 11 is 11.1. The summed E-state index contributed by atoms with van der Waals surface area (Å²) in [6.45, 7) is 0. The molecule has 0 N–H and O–H groups in total. The molecule has 0 saturated carbocycles. The van der Waals surface area contributed by atoms with Gasteiger partial charge in [-0.05, 0) is 0 Å². The molecule has 0 aliphatic carbocycles. The van der Waals surface area contributed by atoms with Gasteiger partial charge in [0.25, 0.3) is 0 Å². The monoisotopic (exact) mass is 463 g/mol. The fourth-order valence-electron chi connectivity index (χ4n) is 1.48. The zero-order valence-corrected chi connectivity index (χ0v) is 14.6. The zero-order chi connectivity index (χ0) is 13.7. The number of methoxy groups -OCH3 is 1. The molecule has 98 valence electrons. The van der Waals surface area contributed by atoms with E-state index in [0.29, 0.717) is 15.7 Å². The molecule has 0 bridgehead atoms. The number of para-hydroxylation sites is 1. The van der Waals surface area contributed by atoms with Gasteiger partial charge in [-0.1, -0.05) is 0 Å². The third-order valence-corrected chi connectivity index (χ3v) is 5.34.